The third-order valence-corrected chi connectivity index (χ3v) is 3.54. The van der Waals surface area contributed by atoms with Crippen LogP contribution in [0.15, 0.2) is 28.8 Å². The molecular weight excluding hydrogens is 282 g/mol. The summed E-state index contributed by atoms with van der Waals surface area (Å²) >= 11 is 0. The van der Waals surface area contributed by atoms with Crippen molar-refractivity contribution in [2.24, 2.45) is 0 Å². The second-order valence-corrected chi connectivity index (χ2v) is 5.34. The van der Waals surface area contributed by atoms with Crippen LogP contribution in [0.3, 0.4) is 0 Å². The minimum atomic E-state index is 0.0687. The summed E-state index contributed by atoms with van der Waals surface area (Å²) in [6.07, 6.45) is 0.804. The molecule has 0 bridgehead atoms. The Kier molecular flexibility index (Phi) is 5.14. The van der Waals surface area contributed by atoms with Crippen LogP contribution in [0.5, 0.6) is 5.75 Å². The van der Waals surface area contributed by atoms with Crippen molar-refractivity contribution in [3.05, 3.63) is 30.2 Å². The number of hydrogen-bond donors (Lipinski definition) is 0. The topological polar surface area (TPSA) is 68.5 Å². The van der Waals surface area contributed by atoms with Gasteiger partial charge in [-0.25, -0.2) is 0 Å². The lowest BCUT2D eigenvalue weighted by atomic mass is 10.2. The lowest BCUT2D eigenvalue weighted by Gasteiger charge is -2.20. The van der Waals surface area contributed by atoms with Crippen LogP contribution in [-0.4, -0.2) is 41.1 Å². The summed E-state index contributed by atoms with van der Waals surface area (Å²) in [5.74, 6) is 1.83. The average molecular weight is 303 g/mol. The van der Waals surface area contributed by atoms with Crippen LogP contribution in [0.25, 0.3) is 11.4 Å². The molecule has 0 atom stereocenters. The number of carbonyl (C=O) groups is 1. The molecule has 1 heterocycles. The van der Waals surface area contributed by atoms with E-state index in [1.807, 2.05) is 38.1 Å². The van der Waals surface area contributed by atoms with Gasteiger partial charge in [0.1, 0.15) is 5.75 Å². The van der Waals surface area contributed by atoms with Gasteiger partial charge in [-0.3, -0.25) is 4.79 Å². The summed E-state index contributed by atoms with van der Waals surface area (Å²) in [6.45, 7) is 3.96. The number of aromatic nitrogens is 2. The molecule has 0 spiro atoms. The van der Waals surface area contributed by atoms with Crippen molar-refractivity contribution in [1.29, 1.82) is 0 Å². The van der Waals surface area contributed by atoms with E-state index >= 15 is 0 Å². The summed E-state index contributed by atoms with van der Waals surface area (Å²) < 4.78 is 10.3. The molecule has 1 amide bonds. The van der Waals surface area contributed by atoms with E-state index in [4.69, 9.17) is 9.26 Å². The van der Waals surface area contributed by atoms with Gasteiger partial charge in [0.15, 0.2) is 0 Å². The molecule has 118 valence electrons. The highest BCUT2D eigenvalue weighted by Gasteiger charge is 2.14. The molecule has 6 nitrogen and oxygen atoms in total. The van der Waals surface area contributed by atoms with Crippen molar-refractivity contribution in [2.75, 3.05) is 14.2 Å². The summed E-state index contributed by atoms with van der Waals surface area (Å²) in [5.41, 5.74) is 0.849. The number of methoxy groups -OCH3 is 1. The van der Waals surface area contributed by atoms with Gasteiger partial charge in [0.2, 0.25) is 17.6 Å². The molecule has 0 aliphatic carbocycles. The Bertz CT molecular complexity index is 620. The van der Waals surface area contributed by atoms with Crippen molar-refractivity contribution in [3.63, 3.8) is 0 Å². The van der Waals surface area contributed by atoms with Gasteiger partial charge in [-0.1, -0.05) is 5.16 Å². The fourth-order valence-electron chi connectivity index (χ4n) is 1.89. The van der Waals surface area contributed by atoms with Crippen molar-refractivity contribution >= 4 is 5.91 Å². The molecule has 0 fully saturated rings. The highest BCUT2D eigenvalue weighted by atomic mass is 16.5. The van der Waals surface area contributed by atoms with Gasteiger partial charge in [0, 0.05) is 31.5 Å². The maximum absolute atomic E-state index is 11.9. The first-order valence-corrected chi connectivity index (χ1v) is 7.24. The summed E-state index contributed by atoms with van der Waals surface area (Å²) in [6, 6.07) is 7.60. The third kappa shape index (κ3) is 3.84. The van der Waals surface area contributed by atoms with Gasteiger partial charge in [-0.2, -0.15) is 4.98 Å². The Labute approximate surface area is 130 Å². The normalized spacial score (nSPS) is 10.8. The molecule has 2 rings (SSSR count). The Morgan fingerprint density at radius 1 is 1.32 bits per heavy atom. The largest absolute Gasteiger partial charge is 0.497 e. The highest BCUT2D eigenvalue weighted by Crippen LogP contribution is 2.20. The zero-order valence-electron chi connectivity index (χ0n) is 13.4. The van der Waals surface area contributed by atoms with E-state index in [0.29, 0.717) is 24.6 Å². The molecule has 0 N–H and O–H groups in total. The molecule has 1 aromatic heterocycles. The maximum atomic E-state index is 11.9. The van der Waals surface area contributed by atoms with Crippen LogP contribution < -0.4 is 4.74 Å². The van der Waals surface area contributed by atoms with Gasteiger partial charge in [-0.15, -0.1) is 0 Å². The Balaban J connectivity index is 1.97. The van der Waals surface area contributed by atoms with Crippen LogP contribution >= 0.6 is 0 Å². The molecule has 0 saturated carbocycles. The lowest BCUT2D eigenvalue weighted by Crippen LogP contribution is -2.33. The van der Waals surface area contributed by atoms with E-state index in [0.717, 1.165) is 11.3 Å². The number of amides is 1. The molecule has 0 saturated heterocycles. The third-order valence-electron chi connectivity index (χ3n) is 3.54. The Hall–Kier alpha value is -2.37. The molecule has 2 aromatic rings. The monoisotopic (exact) mass is 303 g/mol. The van der Waals surface area contributed by atoms with Gasteiger partial charge in [-0.05, 0) is 38.1 Å². The molecule has 1 aromatic carbocycles. The number of nitrogens with zero attached hydrogens (tertiary/aromatic N) is 3. The first-order chi connectivity index (χ1) is 10.5. The van der Waals surface area contributed by atoms with E-state index < -0.39 is 0 Å². The van der Waals surface area contributed by atoms with Crippen molar-refractivity contribution in [2.45, 2.75) is 32.7 Å². The molecular formula is C16H21N3O3. The van der Waals surface area contributed by atoms with Crippen LogP contribution in [-0.2, 0) is 11.2 Å². The lowest BCUT2D eigenvalue weighted by molar-refractivity contribution is -0.131. The van der Waals surface area contributed by atoms with Crippen molar-refractivity contribution in [1.82, 2.24) is 15.0 Å². The number of aryl methyl sites for hydroxylation is 1. The first kappa shape index (κ1) is 16.0. The SMILES string of the molecule is COc1ccc(-c2noc(CCC(=O)N(C)C(C)C)n2)cc1. The van der Waals surface area contributed by atoms with E-state index in [9.17, 15) is 4.79 Å². The zero-order chi connectivity index (χ0) is 16.1. The van der Waals surface area contributed by atoms with Gasteiger partial charge in [0.25, 0.3) is 0 Å². The fourth-order valence-corrected chi connectivity index (χ4v) is 1.89. The molecule has 0 unspecified atom stereocenters. The van der Waals surface area contributed by atoms with E-state index in [1.54, 1.807) is 19.1 Å². The quantitative estimate of drug-likeness (QED) is 0.820. The Morgan fingerprint density at radius 2 is 2.00 bits per heavy atom. The van der Waals surface area contributed by atoms with Crippen molar-refractivity contribution in [3.8, 4) is 17.1 Å². The van der Waals surface area contributed by atoms with E-state index in [-0.39, 0.29) is 11.9 Å². The number of rotatable bonds is 6. The zero-order valence-corrected chi connectivity index (χ0v) is 13.4. The molecule has 6 heteroatoms. The summed E-state index contributed by atoms with van der Waals surface area (Å²) in [4.78, 5) is 18.0. The highest BCUT2D eigenvalue weighted by molar-refractivity contribution is 5.76. The molecule has 0 aliphatic heterocycles. The average Bonchev–Trinajstić information content (AvgIpc) is 3.00. The standard InChI is InChI=1S/C16H21N3O3/c1-11(2)19(3)15(20)10-9-14-17-16(18-22-14)12-5-7-13(21-4)8-6-12/h5-8,11H,9-10H2,1-4H3. The van der Waals surface area contributed by atoms with E-state index in [2.05, 4.69) is 10.1 Å². The van der Waals surface area contributed by atoms with Crippen molar-refractivity contribution < 1.29 is 14.1 Å². The minimum absolute atomic E-state index is 0.0687. The summed E-state index contributed by atoms with van der Waals surface area (Å²) in [5, 5.41) is 3.95. The fraction of sp³-hybridized carbons (Fsp3) is 0.438. The minimum Gasteiger partial charge on any atom is -0.497 e. The van der Waals surface area contributed by atoms with Crippen LogP contribution in [0.2, 0.25) is 0 Å². The predicted octanol–water partition coefficient (Wildman–Crippen LogP) is 2.54. The van der Waals surface area contributed by atoms with Gasteiger partial charge < -0.3 is 14.2 Å². The molecule has 0 radical (unpaired) electrons. The van der Waals surface area contributed by atoms with E-state index in [1.165, 1.54) is 0 Å². The van der Waals surface area contributed by atoms with Crippen LogP contribution in [0, 0.1) is 0 Å². The maximum Gasteiger partial charge on any atom is 0.227 e. The number of carbonyl (C=O) groups excluding carboxylic acids is 1. The number of ether oxygens (including phenoxy) is 1. The van der Waals surface area contributed by atoms with Crippen LogP contribution in [0.1, 0.15) is 26.2 Å². The van der Waals surface area contributed by atoms with Gasteiger partial charge >= 0.3 is 0 Å². The molecule has 22 heavy (non-hydrogen) atoms. The predicted molar refractivity (Wildman–Crippen MR) is 82.5 cm³/mol. The number of benzene rings is 1. The molecule has 0 aliphatic rings. The van der Waals surface area contributed by atoms with Gasteiger partial charge in [0.05, 0.1) is 7.11 Å². The number of hydrogen-bond acceptors (Lipinski definition) is 5. The van der Waals surface area contributed by atoms with Crippen LogP contribution in [0.4, 0.5) is 0 Å². The second-order valence-electron chi connectivity index (χ2n) is 5.34. The Morgan fingerprint density at radius 3 is 2.59 bits per heavy atom. The summed E-state index contributed by atoms with van der Waals surface area (Å²) in [7, 11) is 3.41. The second kappa shape index (κ2) is 7.06. The first-order valence-electron chi connectivity index (χ1n) is 7.24. The smallest absolute Gasteiger partial charge is 0.227 e.